The molecule has 2 heterocycles. The van der Waals surface area contributed by atoms with Gasteiger partial charge in [0, 0.05) is 12.3 Å². The minimum Gasteiger partial charge on any atom is -0.497 e. The van der Waals surface area contributed by atoms with E-state index in [2.05, 4.69) is 5.10 Å². The van der Waals surface area contributed by atoms with Gasteiger partial charge in [0.25, 0.3) is 5.91 Å². The van der Waals surface area contributed by atoms with Crippen molar-refractivity contribution in [3.63, 3.8) is 0 Å². The zero-order valence-electron chi connectivity index (χ0n) is 13.3. The maximum Gasteiger partial charge on any atom is 0.281 e. The third-order valence-electron chi connectivity index (χ3n) is 3.42. The number of methoxy groups -OCH3 is 2. The Morgan fingerprint density at radius 1 is 1.17 bits per heavy atom. The molecule has 0 amide bonds. The number of ether oxygens (including phenoxy) is 2. The quantitative estimate of drug-likeness (QED) is 0.720. The summed E-state index contributed by atoms with van der Waals surface area (Å²) in [6.45, 7) is 0. The first kappa shape index (κ1) is 15.6. The minimum absolute atomic E-state index is 0.285. The molecule has 0 aliphatic heterocycles. The van der Waals surface area contributed by atoms with E-state index in [1.54, 1.807) is 62.1 Å². The van der Waals surface area contributed by atoms with Crippen molar-refractivity contribution in [1.29, 1.82) is 0 Å². The van der Waals surface area contributed by atoms with E-state index in [0.717, 1.165) is 0 Å². The summed E-state index contributed by atoms with van der Waals surface area (Å²) in [5.74, 6) is 1.48. The second-order valence-corrected chi connectivity index (χ2v) is 4.91. The SMILES string of the molecule is COc1ccc(C(=O)n2ccc(C=Cc3ccco3)n2)c(OC)c1. The molecule has 24 heavy (non-hydrogen) atoms. The van der Waals surface area contributed by atoms with Crippen LogP contribution in [0.2, 0.25) is 0 Å². The van der Waals surface area contributed by atoms with Crippen LogP contribution >= 0.6 is 0 Å². The maximum atomic E-state index is 12.6. The summed E-state index contributed by atoms with van der Waals surface area (Å²) >= 11 is 0. The molecule has 0 aliphatic rings. The highest BCUT2D eigenvalue weighted by atomic mass is 16.5. The van der Waals surface area contributed by atoms with Crippen LogP contribution in [0.5, 0.6) is 11.5 Å². The highest BCUT2D eigenvalue weighted by molar-refractivity contribution is 5.98. The number of hydrogen-bond donors (Lipinski definition) is 0. The summed E-state index contributed by atoms with van der Waals surface area (Å²) < 4.78 is 16.9. The summed E-state index contributed by atoms with van der Waals surface area (Å²) in [5, 5.41) is 4.26. The Labute approximate surface area is 138 Å². The van der Waals surface area contributed by atoms with Crippen molar-refractivity contribution >= 4 is 18.1 Å². The number of nitrogens with zero attached hydrogens (tertiary/aromatic N) is 2. The van der Waals surface area contributed by atoms with Gasteiger partial charge >= 0.3 is 0 Å². The summed E-state index contributed by atoms with van der Waals surface area (Å²) in [7, 11) is 3.06. The van der Waals surface area contributed by atoms with E-state index in [-0.39, 0.29) is 5.91 Å². The van der Waals surface area contributed by atoms with Crippen LogP contribution in [0.1, 0.15) is 21.8 Å². The van der Waals surface area contributed by atoms with Crippen LogP contribution in [-0.4, -0.2) is 29.9 Å². The van der Waals surface area contributed by atoms with E-state index in [1.165, 1.54) is 11.8 Å². The van der Waals surface area contributed by atoms with Crippen molar-refractivity contribution in [3.05, 3.63) is 65.9 Å². The smallest absolute Gasteiger partial charge is 0.281 e. The molecule has 0 saturated carbocycles. The van der Waals surface area contributed by atoms with E-state index < -0.39 is 0 Å². The number of carbonyl (C=O) groups is 1. The van der Waals surface area contributed by atoms with Crippen LogP contribution in [0.3, 0.4) is 0 Å². The normalized spacial score (nSPS) is 10.9. The summed E-state index contributed by atoms with van der Waals surface area (Å²) in [4.78, 5) is 12.6. The molecule has 0 radical (unpaired) electrons. The number of hydrogen-bond acceptors (Lipinski definition) is 5. The van der Waals surface area contributed by atoms with Crippen LogP contribution in [0, 0.1) is 0 Å². The molecule has 3 rings (SSSR count). The Balaban J connectivity index is 1.83. The van der Waals surface area contributed by atoms with Gasteiger partial charge in [-0.3, -0.25) is 4.79 Å². The molecule has 2 aromatic heterocycles. The average molecular weight is 324 g/mol. The lowest BCUT2D eigenvalue weighted by molar-refractivity contribution is 0.0942. The van der Waals surface area contributed by atoms with Crippen LogP contribution in [-0.2, 0) is 0 Å². The van der Waals surface area contributed by atoms with Crippen molar-refractivity contribution in [3.8, 4) is 11.5 Å². The molecule has 3 aromatic rings. The first-order valence-corrected chi connectivity index (χ1v) is 7.25. The lowest BCUT2D eigenvalue weighted by atomic mass is 10.2. The number of aromatic nitrogens is 2. The first-order chi connectivity index (χ1) is 11.7. The van der Waals surface area contributed by atoms with Gasteiger partial charge in [0.2, 0.25) is 0 Å². The maximum absolute atomic E-state index is 12.6. The predicted octanol–water partition coefficient (Wildman–Crippen LogP) is 3.35. The standard InChI is InChI=1S/C18H16N2O4/c1-22-15-7-8-16(17(12-15)23-2)18(21)20-10-9-13(19-20)5-6-14-4-3-11-24-14/h3-12H,1-2H3. The Morgan fingerprint density at radius 3 is 2.75 bits per heavy atom. The van der Waals surface area contributed by atoms with E-state index in [9.17, 15) is 4.79 Å². The highest BCUT2D eigenvalue weighted by Gasteiger charge is 2.16. The van der Waals surface area contributed by atoms with Crippen LogP contribution in [0.15, 0.2) is 53.3 Å². The molecule has 1 aromatic carbocycles. The Hall–Kier alpha value is -3.28. The van der Waals surface area contributed by atoms with Gasteiger partial charge in [-0.15, -0.1) is 0 Å². The molecule has 0 bridgehead atoms. The second-order valence-electron chi connectivity index (χ2n) is 4.91. The molecule has 0 aliphatic carbocycles. The number of benzene rings is 1. The van der Waals surface area contributed by atoms with Crippen molar-refractivity contribution in [2.75, 3.05) is 14.2 Å². The summed E-state index contributed by atoms with van der Waals surface area (Å²) in [5.41, 5.74) is 1.05. The van der Waals surface area contributed by atoms with Crippen molar-refractivity contribution in [2.24, 2.45) is 0 Å². The van der Waals surface area contributed by atoms with Gasteiger partial charge in [-0.25, -0.2) is 4.68 Å². The van der Waals surface area contributed by atoms with Crippen molar-refractivity contribution in [1.82, 2.24) is 9.78 Å². The molecular formula is C18H16N2O4. The summed E-state index contributed by atoms with van der Waals surface area (Å²) in [6, 6.07) is 10.4. The van der Waals surface area contributed by atoms with E-state index in [1.807, 2.05) is 6.07 Å². The fourth-order valence-corrected chi connectivity index (χ4v) is 2.19. The van der Waals surface area contributed by atoms with E-state index in [0.29, 0.717) is 28.5 Å². The topological polar surface area (TPSA) is 66.5 Å². The second kappa shape index (κ2) is 6.87. The third-order valence-corrected chi connectivity index (χ3v) is 3.42. The minimum atomic E-state index is -0.285. The van der Waals surface area contributed by atoms with Gasteiger partial charge in [0.05, 0.1) is 31.7 Å². The molecule has 122 valence electrons. The molecule has 6 nitrogen and oxygen atoms in total. The van der Waals surface area contributed by atoms with Crippen molar-refractivity contribution in [2.45, 2.75) is 0 Å². The van der Waals surface area contributed by atoms with Gasteiger partial charge < -0.3 is 13.9 Å². The molecule has 0 atom stereocenters. The summed E-state index contributed by atoms with van der Waals surface area (Å²) in [6.07, 6.45) is 6.75. The first-order valence-electron chi connectivity index (χ1n) is 7.25. The van der Waals surface area contributed by atoms with E-state index >= 15 is 0 Å². The lowest BCUT2D eigenvalue weighted by Crippen LogP contribution is -2.14. The molecule has 0 N–H and O–H groups in total. The molecular weight excluding hydrogens is 308 g/mol. The molecule has 0 unspecified atom stereocenters. The van der Waals surface area contributed by atoms with Gasteiger partial charge in [-0.05, 0) is 42.5 Å². The zero-order valence-corrected chi connectivity index (χ0v) is 13.3. The Bertz CT molecular complexity index is 863. The Kier molecular flexibility index (Phi) is 4.47. The number of furan rings is 1. The van der Waals surface area contributed by atoms with E-state index in [4.69, 9.17) is 13.9 Å². The van der Waals surface area contributed by atoms with Crippen LogP contribution in [0.4, 0.5) is 0 Å². The number of rotatable bonds is 5. The van der Waals surface area contributed by atoms with Crippen LogP contribution < -0.4 is 9.47 Å². The lowest BCUT2D eigenvalue weighted by Gasteiger charge is -2.09. The largest absolute Gasteiger partial charge is 0.497 e. The fourth-order valence-electron chi connectivity index (χ4n) is 2.19. The monoisotopic (exact) mass is 324 g/mol. The molecule has 6 heteroatoms. The third kappa shape index (κ3) is 3.22. The number of carbonyl (C=O) groups excluding carboxylic acids is 1. The highest BCUT2D eigenvalue weighted by Crippen LogP contribution is 2.25. The average Bonchev–Trinajstić information content (AvgIpc) is 3.30. The van der Waals surface area contributed by atoms with Crippen LogP contribution in [0.25, 0.3) is 12.2 Å². The Morgan fingerprint density at radius 2 is 2.04 bits per heavy atom. The fraction of sp³-hybridized carbons (Fsp3) is 0.111. The molecule has 0 fully saturated rings. The van der Waals surface area contributed by atoms with Gasteiger partial charge in [-0.2, -0.15) is 5.10 Å². The van der Waals surface area contributed by atoms with Crippen molar-refractivity contribution < 1.29 is 18.7 Å². The van der Waals surface area contributed by atoms with Gasteiger partial charge in [0.1, 0.15) is 17.3 Å². The van der Waals surface area contributed by atoms with Gasteiger partial charge in [-0.1, -0.05) is 0 Å². The van der Waals surface area contributed by atoms with Gasteiger partial charge in [0.15, 0.2) is 0 Å². The molecule has 0 spiro atoms. The predicted molar refractivity (Wildman–Crippen MR) is 89.1 cm³/mol. The zero-order chi connectivity index (χ0) is 16.9. The molecule has 0 saturated heterocycles.